The smallest absolute Gasteiger partial charge is 0.228 e. The predicted molar refractivity (Wildman–Crippen MR) is 134 cm³/mol. The average Bonchev–Trinajstić information content (AvgIpc) is 2.87. The zero-order chi connectivity index (χ0) is 23.8. The molecule has 5 rings (SSSR count). The molecule has 0 spiro atoms. The first-order chi connectivity index (χ1) is 16.5. The molecule has 2 saturated heterocycles. The molecule has 3 aliphatic heterocycles. The lowest BCUT2D eigenvalue weighted by molar-refractivity contribution is -0.142. The third kappa shape index (κ3) is 4.17. The SMILES string of the molecule is COc1ccc2c(c1)N1CCN(c3ccccc3Cl)C[C@H]1[C@H](C(=O)N1CCN(C(C)=O)CC1)C2. The fraction of sp³-hybridized carbons (Fsp3) is 0.462. The molecular formula is C26H31ClN4O3. The number of halogens is 1. The molecule has 7 nitrogen and oxygen atoms in total. The molecule has 180 valence electrons. The Labute approximate surface area is 205 Å². The lowest BCUT2D eigenvalue weighted by Gasteiger charge is -2.50. The molecule has 34 heavy (non-hydrogen) atoms. The normalized spacial score (nSPS) is 22.2. The van der Waals surface area contributed by atoms with Gasteiger partial charge in [-0.1, -0.05) is 29.8 Å². The molecule has 0 aliphatic carbocycles. The number of anilines is 2. The number of para-hydroxylation sites is 1. The van der Waals surface area contributed by atoms with Crippen LogP contribution in [0.15, 0.2) is 42.5 Å². The van der Waals surface area contributed by atoms with Gasteiger partial charge in [0, 0.05) is 64.5 Å². The Morgan fingerprint density at radius 3 is 2.38 bits per heavy atom. The van der Waals surface area contributed by atoms with E-state index in [9.17, 15) is 9.59 Å². The van der Waals surface area contributed by atoms with Crippen molar-refractivity contribution in [1.82, 2.24) is 9.80 Å². The summed E-state index contributed by atoms with van der Waals surface area (Å²) < 4.78 is 5.50. The Balaban J connectivity index is 1.44. The maximum atomic E-state index is 13.9. The van der Waals surface area contributed by atoms with E-state index in [1.807, 2.05) is 34.1 Å². The van der Waals surface area contributed by atoms with Crippen molar-refractivity contribution in [3.8, 4) is 5.75 Å². The molecule has 8 heteroatoms. The van der Waals surface area contributed by atoms with E-state index in [4.69, 9.17) is 16.3 Å². The van der Waals surface area contributed by atoms with Gasteiger partial charge in [-0.05, 0) is 30.2 Å². The molecule has 0 unspecified atom stereocenters. The van der Waals surface area contributed by atoms with Crippen LogP contribution in [0, 0.1) is 5.92 Å². The standard InChI is InChI=1S/C26H31ClN4O3/c1-18(32)28-9-11-29(12-10-28)26(33)21-15-19-7-8-20(34-2)16-24(19)31-14-13-30(17-25(21)31)23-6-4-3-5-22(23)27/h3-8,16,21,25H,9-15,17H2,1-2H3/t21-,25+/m1/s1. The van der Waals surface area contributed by atoms with E-state index in [0.29, 0.717) is 32.6 Å². The van der Waals surface area contributed by atoms with Gasteiger partial charge in [0.1, 0.15) is 5.75 Å². The van der Waals surface area contributed by atoms with Gasteiger partial charge in [-0.15, -0.1) is 0 Å². The summed E-state index contributed by atoms with van der Waals surface area (Å²) in [5.41, 5.74) is 3.36. The van der Waals surface area contributed by atoms with Crippen molar-refractivity contribution in [1.29, 1.82) is 0 Å². The second-order valence-electron chi connectivity index (χ2n) is 9.29. The Kier molecular flexibility index (Phi) is 6.30. The van der Waals surface area contributed by atoms with Gasteiger partial charge in [-0.3, -0.25) is 9.59 Å². The minimum atomic E-state index is -0.157. The molecule has 0 N–H and O–H groups in total. The molecule has 2 aromatic rings. The third-order valence-corrected chi connectivity index (χ3v) is 7.79. The van der Waals surface area contributed by atoms with Gasteiger partial charge in [0.15, 0.2) is 0 Å². The minimum absolute atomic E-state index is 0.0305. The minimum Gasteiger partial charge on any atom is -0.497 e. The fourth-order valence-corrected chi connectivity index (χ4v) is 5.85. The van der Waals surface area contributed by atoms with Crippen LogP contribution in [0.3, 0.4) is 0 Å². The second-order valence-corrected chi connectivity index (χ2v) is 9.70. The van der Waals surface area contributed by atoms with Gasteiger partial charge < -0.3 is 24.3 Å². The van der Waals surface area contributed by atoms with Crippen LogP contribution in [0.5, 0.6) is 5.75 Å². The number of carbonyl (C=O) groups is 2. The van der Waals surface area contributed by atoms with E-state index in [0.717, 1.165) is 41.8 Å². The lowest BCUT2D eigenvalue weighted by Crippen LogP contribution is -2.62. The van der Waals surface area contributed by atoms with Crippen LogP contribution >= 0.6 is 11.6 Å². The number of amides is 2. The fourth-order valence-electron chi connectivity index (χ4n) is 5.59. The molecule has 3 aliphatic rings. The zero-order valence-electron chi connectivity index (χ0n) is 19.7. The van der Waals surface area contributed by atoms with Crippen molar-refractivity contribution in [3.05, 3.63) is 53.1 Å². The summed E-state index contributed by atoms with van der Waals surface area (Å²) in [4.78, 5) is 34.1. The molecule has 2 atom stereocenters. The highest BCUT2D eigenvalue weighted by atomic mass is 35.5. The molecule has 2 aromatic carbocycles. The summed E-state index contributed by atoms with van der Waals surface area (Å²) >= 11 is 6.53. The summed E-state index contributed by atoms with van der Waals surface area (Å²) in [7, 11) is 1.68. The van der Waals surface area contributed by atoms with E-state index in [1.165, 1.54) is 5.56 Å². The maximum Gasteiger partial charge on any atom is 0.228 e. The topological polar surface area (TPSA) is 56.3 Å². The summed E-state index contributed by atoms with van der Waals surface area (Å²) in [6, 6.07) is 14.1. The van der Waals surface area contributed by atoms with Crippen molar-refractivity contribution in [2.45, 2.75) is 19.4 Å². The molecule has 0 saturated carbocycles. The molecule has 0 aromatic heterocycles. The second kappa shape index (κ2) is 9.37. The number of fused-ring (bicyclic) bond motifs is 3. The molecular weight excluding hydrogens is 452 g/mol. The monoisotopic (exact) mass is 482 g/mol. The summed E-state index contributed by atoms with van der Waals surface area (Å²) in [6.07, 6.45) is 0.697. The van der Waals surface area contributed by atoms with Crippen molar-refractivity contribution < 1.29 is 14.3 Å². The van der Waals surface area contributed by atoms with Gasteiger partial charge >= 0.3 is 0 Å². The first kappa shape index (κ1) is 22.8. The molecule has 3 heterocycles. The Morgan fingerprint density at radius 1 is 0.941 bits per heavy atom. The van der Waals surface area contributed by atoms with Crippen LogP contribution in [0.1, 0.15) is 12.5 Å². The molecule has 0 bridgehead atoms. The van der Waals surface area contributed by atoms with Gasteiger partial charge in [-0.2, -0.15) is 0 Å². The van der Waals surface area contributed by atoms with Gasteiger partial charge in [0.05, 0.1) is 29.8 Å². The summed E-state index contributed by atoms with van der Waals surface area (Å²) in [5, 5.41) is 0.733. The van der Waals surface area contributed by atoms with Crippen LogP contribution in [-0.2, 0) is 16.0 Å². The first-order valence-corrected chi connectivity index (χ1v) is 12.3. The zero-order valence-corrected chi connectivity index (χ0v) is 20.5. The number of hydrogen-bond acceptors (Lipinski definition) is 5. The van der Waals surface area contributed by atoms with Crippen molar-refractivity contribution >= 4 is 34.8 Å². The lowest BCUT2D eigenvalue weighted by atomic mass is 9.82. The molecule has 2 fully saturated rings. The number of methoxy groups -OCH3 is 1. The van der Waals surface area contributed by atoms with E-state index >= 15 is 0 Å². The number of carbonyl (C=O) groups excluding carboxylic acids is 2. The van der Waals surface area contributed by atoms with Crippen LogP contribution in [0.25, 0.3) is 0 Å². The van der Waals surface area contributed by atoms with Crippen LogP contribution < -0.4 is 14.5 Å². The van der Waals surface area contributed by atoms with E-state index in [1.54, 1.807) is 14.0 Å². The van der Waals surface area contributed by atoms with Crippen molar-refractivity contribution in [2.75, 3.05) is 62.7 Å². The van der Waals surface area contributed by atoms with E-state index < -0.39 is 0 Å². The summed E-state index contributed by atoms with van der Waals surface area (Å²) in [6.45, 7) is 6.32. The number of ether oxygens (including phenoxy) is 1. The van der Waals surface area contributed by atoms with Gasteiger partial charge in [0.2, 0.25) is 11.8 Å². The third-order valence-electron chi connectivity index (χ3n) is 7.47. The van der Waals surface area contributed by atoms with Crippen molar-refractivity contribution in [2.24, 2.45) is 5.92 Å². The largest absolute Gasteiger partial charge is 0.497 e. The first-order valence-electron chi connectivity index (χ1n) is 11.9. The maximum absolute atomic E-state index is 13.9. The van der Waals surface area contributed by atoms with Gasteiger partial charge in [-0.25, -0.2) is 0 Å². The van der Waals surface area contributed by atoms with Gasteiger partial charge in [0.25, 0.3) is 0 Å². The molecule has 2 amide bonds. The van der Waals surface area contributed by atoms with Crippen LogP contribution in [-0.4, -0.2) is 80.6 Å². The Morgan fingerprint density at radius 2 is 1.68 bits per heavy atom. The number of nitrogens with zero attached hydrogens (tertiary/aromatic N) is 4. The van der Waals surface area contributed by atoms with E-state index in [2.05, 4.69) is 28.0 Å². The highest BCUT2D eigenvalue weighted by molar-refractivity contribution is 6.33. The van der Waals surface area contributed by atoms with E-state index in [-0.39, 0.29) is 23.8 Å². The Bertz CT molecular complexity index is 1090. The summed E-state index contributed by atoms with van der Waals surface area (Å²) in [5.74, 6) is 0.924. The number of hydrogen-bond donors (Lipinski definition) is 0. The predicted octanol–water partition coefficient (Wildman–Crippen LogP) is 2.91. The molecule has 0 radical (unpaired) electrons. The van der Waals surface area contributed by atoms with Crippen LogP contribution in [0.4, 0.5) is 11.4 Å². The highest BCUT2D eigenvalue weighted by Crippen LogP contribution is 2.40. The number of piperazine rings is 2. The average molecular weight is 483 g/mol. The van der Waals surface area contributed by atoms with Crippen molar-refractivity contribution in [3.63, 3.8) is 0 Å². The number of rotatable bonds is 3. The highest BCUT2D eigenvalue weighted by Gasteiger charge is 2.43. The quantitative estimate of drug-likeness (QED) is 0.673. The number of benzene rings is 2. The Hall–Kier alpha value is -2.93. The van der Waals surface area contributed by atoms with Crippen LogP contribution in [0.2, 0.25) is 5.02 Å².